The van der Waals surface area contributed by atoms with E-state index in [1.807, 2.05) is 0 Å². The Balaban J connectivity index is -0.000000180. The van der Waals surface area contributed by atoms with Gasteiger partial charge in [0.05, 0.1) is 11.1 Å². The van der Waals surface area contributed by atoms with E-state index in [4.69, 9.17) is 8.76 Å². The van der Waals surface area contributed by atoms with Gasteiger partial charge in [-0.05, 0) is 0 Å². The minimum atomic E-state index is -5.08. The molecular formula is CHF3KO2S-. The summed E-state index contributed by atoms with van der Waals surface area (Å²) in [4.78, 5) is 0. The smallest absolute Gasteiger partial charge is 1.00 e. The van der Waals surface area contributed by atoms with E-state index in [2.05, 4.69) is 0 Å². The second-order valence-corrected chi connectivity index (χ2v) is 1.61. The molecule has 46 valence electrons. The summed E-state index contributed by atoms with van der Waals surface area (Å²) in [6.07, 6.45) is 0. The maximum absolute atomic E-state index is 10.6. The summed E-state index contributed by atoms with van der Waals surface area (Å²) in [5, 5.41) is 0. The molecule has 2 nitrogen and oxygen atoms in total. The first-order valence-electron chi connectivity index (χ1n) is 1.10. The van der Waals surface area contributed by atoms with Gasteiger partial charge in [-0.2, -0.15) is 13.2 Å². The van der Waals surface area contributed by atoms with Crippen molar-refractivity contribution >= 4 is 11.1 Å². The van der Waals surface area contributed by atoms with Gasteiger partial charge in [-0.25, -0.2) is 0 Å². The SMILES string of the molecule is O=S([O-])C(F)(F)F.[H-].[K+]. The topological polar surface area (TPSA) is 40.1 Å². The average Bonchev–Trinajstić information content (AvgIpc) is 1.31. The van der Waals surface area contributed by atoms with E-state index in [1.54, 1.807) is 0 Å². The molecule has 1 unspecified atom stereocenters. The predicted octanol–water partition coefficient (Wildman–Crippen LogP) is -2.50. The van der Waals surface area contributed by atoms with Crippen LogP contribution >= 0.6 is 0 Å². The third kappa shape index (κ3) is 5.67. The Hall–Kier alpha value is 1.54. The minimum Gasteiger partial charge on any atom is -1.00 e. The van der Waals surface area contributed by atoms with Crippen LogP contribution < -0.4 is 51.4 Å². The van der Waals surface area contributed by atoms with Crippen molar-refractivity contribution < 1.29 is 74.7 Å². The third-order valence-corrected chi connectivity index (χ3v) is 0.567. The van der Waals surface area contributed by atoms with Crippen molar-refractivity contribution in [2.45, 2.75) is 5.51 Å². The number of hydrogen-bond acceptors (Lipinski definition) is 2. The van der Waals surface area contributed by atoms with Crippen LogP contribution in [-0.2, 0) is 11.1 Å². The predicted molar refractivity (Wildman–Crippen MR) is 16.1 cm³/mol. The third-order valence-electron chi connectivity index (χ3n) is 0.189. The van der Waals surface area contributed by atoms with Crippen molar-refractivity contribution in [3.63, 3.8) is 0 Å². The first-order chi connectivity index (χ1) is 2.94. The molecule has 0 amide bonds. The van der Waals surface area contributed by atoms with E-state index in [-0.39, 0.29) is 52.8 Å². The van der Waals surface area contributed by atoms with Crippen LogP contribution in [0.2, 0.25) is 0 Å². The van der Waals surface area contributed by atoms with Gasteiger partial charge in [0.15, 0.2) is 0 Å². The second-order valence-electron chi connectivity index (χ2n) is 0.680. The summed E-state index contributed by atoms with van der Waals surface area (Å²) in [7, 11) is 0. The van der Waals surface area contributed by atoms with Gasteiger partial charge in [-0.15, -0.1) is 0 Å². The summed E-state index contributed by atoms with van der Waals surface area (Å²) >= 11 is -3.93. The Kier molecular flexibility index (Phi) is 6.68. The molecule has 0 bridgehead atoms. The first-order valence-corrected chi connectivity index (χ1v) is 2.18. The Morgan fingerprint density at radius 3 is 1.62 bits per heavy atom. The largest absolute Gasteiger partial charge is 1.00 e. The van der Waals surface area contributed by atoms with Gasteiger partial charge in [-0.3, -0.25) is 4.21 Å². The molecule has 0 aromatic carbocycles. The summed E-state index contributed by atoms with van der Waals surface area (Å²) in [6, 6.07) is 0. The number of rotatable bonds is 0. The standard InChI is InChI=1S/CHF3O2S.K.H/c2-1(3,4)7(5)6;;/h(H,5,6);;/q;+1;-1/p-1. The van der Waals surface area contributed by atoms with Gasteiger partial charge >= 0.3 is 56.9 Å². The molecule has 0 aromatic heterocycles. The van der Waals surface area contributed by atoms with Crippen LogP contribution in [0.1, 0.15) is 1.43 Å². The Morgan fingerprint density at radius 2 is 1.62 bits per heavy atom. The molecule has 0 aliphatic carbocycles. The van der Waals surface area contributed by atoms with Crippen molar-refractivity contribution in [1.29, 1.82) is 0 Å². The fraction of sp³-hybridized carbons (Fsp3) is 1.00. The van der Waals surface area contributed by atoms with Gasteiger partial charge in [-0.1, -0.05) is 0 Å². The maximum atomic E-state index is 10.6. The van der Waals surface area contributed by atoms with Crippen molar-refractivity contribution in [1.82, 2.24) is 0 Å². The molecule has 7 heteroatoms. The van der Waals surface area contributed by atoms with Crippen LogP contribution in [0.15, 0.2) is 0 Å². The first kappa shape index (κ1) is 12.2. The second kappa shape index (κ2) is 4.37. The summed E-state index contributed by atoms with van der Waals surface area (Å²) in [5.74, 6) is 0. The molecule has 1 atom stereocenters. The zero-order valence-corrected chi connectivity index (χ0v) is 7.80. The van der Waals surface area contributed by atoms with Crippen LogP contribution in [0.3, 0.4) is 0 Å². The molecule has 8 heavy (non-hydrogen) atoms. The van der Waals surface area contributed by atoms with Crippen molar-refractivity contribution in [2.24, 2.45) is 0 Å². The molecule has 0 saturated heterocycles. The number of alkyl halides is 3. The molecule has 0 aliphatic rings. The summed E-state index contributed by atoms with van der Waals surface area (Å²) in [5.41, 5.74) is -5.08. The molecule has 0 spiro atoms. The molecule has 0 fully saturated rings. The molecule has 0 aromatic rings. The maximum Gasteiger partial charge on any atom is 1.00 e. The van der Waals surface area contributed by atoms with E-state index in [9.17, 15) is 13.2 Å². The fourth-order valence-corrected chi connectivity index (χ4v) is 0. The quantitative estimate of drug-likeness (QED) is 0.300. The van der Waals surface area contributed by atoms with Gasteiger partial charge in [0, 0.05) is 0 Å². The fourth-order valence-electron chi connectivity index (χ4n) is 0. The monoisotopic (exact) mass is 173 g/mol. The Morgan fingerprint density at radius 1 is 1.50 bits per heavy atom. The van der Waals surface area contributed by atoms with E-state index < -0.39 is 16.6 Å². The molecule has 0 N–H and O–H groups in total. The Labute approximate surface area is 90.0 Å². The van der Waals surface area contributed by atoms with Crippen LogP contribution in [0.4, 0.5) is 13.2 Å². The molecule has 0 rings (SSSR count). The molecule has 0 radical (unpaired) electrons. The Bertz CT molecular complexity index is 94.3. The zero-order valence-electron chi connectivity index (χ0n) is 4.86. The van der Waals surface area contributed by atoms with Crippen molar-refractivity contribution in [3.05, 3.63) is 0 Å². The van der Waals surface area contributed by atoms with E-state index in [0.29, 0.717) is 0 Å². The van der Waals surface area contributed by atoms with Crippen molar-refractivity contribution in [3.8, 4) is 0 Å². The van der Waals surface area contributed by atoms with Gasteiger partial charge in [0.2, 0.25) is 0 Å². The molecule has 0 saturated carbocycles. The van der Waals surface area contributed by atoms with Crippen LogP contribution in [-0.4, -0.2) is 14.3 Å². The summed E-state index contributed by atoms with van der Waals surface area (Å²) < 4.78 is 49.5. The van der Waals surface area contributed by atoms with Crippen LogP contribution in [0.5, 0.6) is 0 Å². The average molecular weight is 173 g/mol. The van der Waals surface area contributed by atoms with Crippen molar-refractivity contribution in [2.75, 3.05) is 0 Å². The van der Waals surface area contributed by atoms with Gasteiger partial charge in [0.1, 0.15) is 0 Å². The van der Waals surface area contributed by atoms with Gasteiger partial charge in [0.25, 0.3) is 0 Å². The van der Waals surface area contributed by atoms with E-state index >= 15 is 0 Å². The number of halogens is 3. The zero-order chi connectivity index (χ0) is 6.08. The van der Waals surface area contributed by atoms with Crippen LogP contribution in [0.25, 0.3) is 0 Å². The molecular weight excluding hydrogens is 172 g/mol. The van der Waals surface area contributed by atoms with E-state index in [0.717, 1.165) is 0 Å². The molecule has 0 heterocycles. The van der Waals surface area contributed by atoms with Gasteiger partial charge < -0.3 is 5.98 Å². The minimum absolute atomic E-state index is 0. The normalized spacial score (nSPS) is 14.5. The van der Waals surface area contributed by atoms with Crippen LogP contribution in [0, 0.1) is 0 Å². The van der Waals surface area contributed by atoms with E-state index in [1.165, 1.54) is 0 Å². The number of hydrogen-bond donors (Lipinski definition) is 0. The molecule has 0 aliphatic heterocycles. The summed E-state index contributed by atoms with van der Waals surface area (Å²) in [6.45, 7) is 0.